The van der Waals surface area contributed by atoms with Crippen molar-refractivity contribution in [2.45, 2.75) is 46.7 Å². The van der Waals surface area contributed by atoms with Crippen molar-refractivity contribution in [3.05, 3.63) is 82.8 Å². The summed E-state index contributed by atoms with van der Waals surface area (Å²) in [6, 6.07) is 15.3. The van der Waals surface area contributed by atoms with Crippen molar-refractivity contribution in [2.75, 3.05) is 5.32 Å². The topological polar surface area (TPSA) is 91.6 Å². The number of anilines is 1. The molecular formula is C27H30N2O4. The molecule has 0 aliphatic heterocycles. The Morgan fingerprint density at radius 2 is 1.82 bits per heavy atom. The quantitative estimate of drug-likeness (QED) is 0.374. The Labute approximate surface area is 194 Å². The highest BCUT2D eigenvalue weighted by molar-refractivity contribution is 5.99. The summed E-state index contributed by atoms with van der Waals surface area (Å²) in [5.41, 5.74) is 6.88. The summed E-state index contributed by atoms with van der Waals surface area (Å²) >= 11 is 0. The van der Waals surface area contributed by atoms with Gasteiger partial charge in [0.15, 0.2) is 0 Å². The number of aliphatic carboxylic acids is 1. The van der Waals surface area contributed by atoms with E-state index in [1.165, 1.54) is 6.92 Å². The van der Waals surface area contributed by atoms with Gasteiger partial charge >= 0.3 is 5.97 Å². The van der Waals surface area contributed by atoms with Crippen LogP contribution in [0.3, 0.4) is 0 Å². The van der Waals surface area contributed by atoms with Gasteiger partial charge in [-0.25, -0.2) is 0 Å². The van der Waals surface area contributed by atoms with Crippen LogP contribution in [-0.4, -0.2) is 23.0 Å². The number of carbonyl (C=O) groups is 2. The molecule has 6 heteroatoms. The van der Waals surface area contributed by atoms with Crippen molar-refractivity contribution in [1.29, 1.82) is 0 Å². The van der Waals surface area contributed by atoms with Crippen molar-refractivity contribution >= 4 is 23.6 Å². The van der Waals surface area contributed by atoms with Crippen molar-refractivity contribution in [1.82, 2.24) is 5.32 Å². The molecule has 33 heavy (non-hydrogen) atoms. The van der Waals surface area contributed by atoms with E-state index in [1.807, 2.05) is 51.1 Å². The average molecular weight is 447 g/mol. The predicted octanol–water partition coefficient (Wildman–Crippen LogP) is 5.56. The Balaban J connectivity index is 1.78. The monoisotopic (exact) mass is 446 g/mol. The molecule has 1 amide bonds. The van der Waals surface area contributed by atoms with Gasteiger partial charge in [0.05, 0.1) is 12.8 Å². The van der Waals surface area contributed by atoms with E-state index in [2.05, 4.69) is 34.9 Å². The van der Waals surface area contributed by atoms with Crippen LogP contribution in [0.15, 0.2) is 64.8 Å². The van der Waals surface area contributed by atoms with Gasteiger partial charge in [0.25, 0.3) is 0 Å². The second-order valence-corrected chi connectivity index (χ2v) is 8.09. The molecule has 0 unspecified atom stereocenters. The van der Waals surface area contributed by atoms with E-state index in [-0.39, 0.29) is 5.91 Å². The Morgan fingerprint density at radius 1 is 1.09 bits per heavy atom. The van der Waals surface area contributed by atoms with E-state index >= 15 is 0 Å². The van der Waals surface area contributed by atoms with E-state index in [9.17, 15) is 9.59 Å². The zero-order chi connectivity index (χ0) is 24.0. The van der Waals surface area contributed by atoms with Gasteiger partial charge in [-0.05, 0) is 85.4 Å². The number of nitrogens with one attached hydrogen (secondary N) is 2. The van der Waals surface area contributed by atoms with Gasteiger partial charge in [0.2, 0.25) is 5.91 Å². The highest BCUT2D eigenvalue weighted by atomic mass is 16.4. The minimum absolute atomic E-state index is 0.355. The highest BCUT2D eigenvalue weighted by Crippen LogP contribution is 2.29. The molecule has 3 rings (SSSR count). The lowest BCUT2D eigenvalue weighted by Gasteiger charge is -2.14. The molecule has 1 heterocycles. The number of amides is 1. The number of aryl methyl sites for hydroxylation is 2. The number of benzene rings is 2. The van der Waals surface area contributed by atoms with E-state index in [0.29, 0.717) is 18.5 Å². The minimum atomic E-state index is -1.06. The lowest BCUT2D eigenvalue weighted by molar-refractivity contribution is -0.140. The van der Waals surface area contributed by atoms with Crippen LogP contribution in [-0.2, 0) is 16.1 Å². The van der Waals surface area contributed by atoms with E-state index in [4.69, 9.17) is 9.52 Å². The molecule has 1 aromatic heterocycles. The molecule has 3 aromatic rings. The van der Waals surface area contributed by atoms with Gasteiger partial charge in [0, 0.05) is 11.3 Å². The van der Waals surface area contributed by atoms with Gasteiger partial charge in [-0.1, -0.05) is 31.2 Å². The fourth-order valence-electron chi connectivity index (χ4n) is 3.54. The Morgan fingerprint density at radius 3 is 2.42 bits per heavy atom. The molecule has 0 radical (unpaired) electrons. The molecule has 6 nitrogen and oxygen atoms in total. The molecule has 2 aromatic carbocycles. The first-order chi connectivity index (χ1) is 15.8. The number of carboxylic acid groups (broad SMARTS) is 1. The lowest BCUT2D eigenvalue weighted by atomic mass is 9.93. The number of furan rings is 1. The van der Waals surface area contributed by atoms with E-state index in [0.717, 1.165) is 39.3 Å². The molecule has 0 bridgehead atoms. The maximum absolute atomic E-state index is 12.5. The predicted molar refractivity (Wildman–Crippen MR) is 131 cm³/mol. The molecule has 0 aliphatic carbocycles. The van der Waals surface area contributed by atoms with Crippen LogP contribution in [0.5, 0.6) is 0 Å². The Hall–Kier alpha value is -3.80. The second-order valence-electron chi connectivity index (χ2n) is 8.09. The normalized spacial score (nSPS) is 12.3. The highest BCUT2D eigenvalue weighted by Gasteiger charge is 2.16. The molecule has 0 aliphatic rings. The van der Waals surface area contributed by atoms with Crippen LogP contribution in [0.1, 0.15) is 42.7 Å². The summed E-state index contributed by atoms with van der Waals surface area (Å²) in [5, 5.41) is 14.9. The molecule has 0 spiro atoms. The number of hydrogen-bond acceptors (Lipinski definition) is 4. The van der Waals surface area contributed by atoms with Crippen molar-refractivity contribution < 1.29 is 19.1 Å². The summed E-state index contributed by atoms with van der Waals surface area (Å²) in [4.78, 5) is 23.5. The standard InChI is InChI=1S/C27H30N2O4/c1-5-20(26(30)29-19(4)27(31)32)15-22-13-18(3)25(14-17(22)2)21-8-10-23(11-9-21)28-16-24-7-6-12-33-24/h6-15,19,28H,5,16H2,1-4H3,(H,29,30)(H,31,32)/t19-/m1/s1. The largest absolute Gasteiger partial charge is 0.480 e. The third kappa shape index (κ3) is 6.13. The Kier molecular flexibility index (Phi) is 7.72. The molecular weight excluding hydrogens is 416 g/mol. The minimum Gasteiger partial charge on any atom is -0.480 e. The van der Waals surface area contributed by atoms with Gasteiger partial charge in [-0.15, -0.1) is 0 Å². The fraction of sp³-hybridized carbons (Fsp3) is 0.259. The summed E-state index contributed by atoms with van der Waals surface area (Å²) in [6.45, 7) is 8.03. The molecule has 1 atom stereocenters. The van der Waals surface area contributed by atoms with E-state index < -0.39 is 12.0 Å². The first-order valence-electron chi connectivity index (χ1n) is 11.0. The maximum atomic E-state index is 12.5. The smallest absolute Gasteiger partial charge is 0.325 e. The van der Waals surface area contributed by atoms with Crippen LogP contribution >= 0.6 is 0 Å². The number of hydrogen-bond donors (Lipinski definition) is 3. The van der Waals surface area contributed by atoms with Gasteiger partial charge in [-0.2, -0.15) is 0 Å². The third-order valence-corrected chi connectivity index (χ3v) is 5.58. The summed E-state index contributed by atoms with van der Waals surface area (Å²) < 4.78 is 5.35. The zero-order valence-corrected chi connectivity index (χ0v) is 19.4. The first kappa shape index (κ1) is 23.9. The molecule has 3 N–H and O–H groups in total. The lowest BCUT2D eigenvalue weighted by Crippen LogP contribution is -2.39. The number of rotatable bonds is 9. The van der Waals surface area contributed by atoms with Crippen molar-refractivity contribution in [2.24, 2.45) is 0 Å². The first-order valence-corrected chi connectivity index (χ1v) is 11.0. The van der Waals surface area contributed by atoms with Crippen LogP contribution in [0.2, 0.25) is 0 Å². The molecule has 172 valence electrons. The van der Waals surface area contributed by atoms with Crippen LogP contribution in [0.4, 0.5) is 5.69 Å². The van der Waals surface area contributed by atoms with Gasteiger partial charge < -0.3 is 20.2 Å². The van der Waals surface area contributed by atoms with Gasteiger partial charge in [-0.3, -0.25) is 9.59 Å². The zero-order valence-electron chi connectivity index (χ0n) is 19.4. The second kappa shape index (κ2) is 10.7. The molecule has 0 saturated heterocycles. The fourth-order valence-corrected chi connectivity index (χ4v) is 3.54. The van der Waals surface area contributed by atoms with Crippen molar-refractivity contribution in [3.63, 3.8) is 0 Å². The summed E-state index contributed by atoms with van der Waals surface area (Å²) in [7, 11) is 0. The SMILES string of the molecule is CCC(=Cc1cc(C)c(-c2ccc(NCc3ccco3)cc2)cc1C)C(=O)N[C@H](C)C(=O)O. The van der Waals surface area contributed by atoms with E-state index in [1.54, 1.807) is 6.26 Å². The number of carboxylic acids is 1. The third-order valence-electron chi connectivity index (χ3n) is 5.58. The molecule has 0 fully saturated rings. The Bertz CT molecular complexity index is 1150. The number of carbonyl (C=O) groups excluding carboxylic acids is 1. The summed E-state index contributed by atoms with van der Waals surface area (Å²) in [6.07, 6.45) is 4.01. The maximum Gasteiger partial charge on any atom is 0.325 e. The summed E-state index contributed by atoms with van der Waals surface area (Å²) in [5.74, 6) is -0.532. The van der Waals surface area contributed by atoms with Crippen LogP contribution < -0.4 is 10.6 Å². The van der Waals surface area contributed by atoms with Gasteiger partial charge in [0.1, 0.15) is 11.8 Å². The van der Waals surface area contributed by atoms with Crippen LogP contribution in [0, 0.1) is 13.8 Å². The average Bonchev–Trinajstić information content (AvgIpc) is 3.32. The van der Waals surface area contributed by atoms with Crippen molar-refractivity contribution in [3.8, 4) is 11.1 Å². The van der Waals surface area contributed by atoms with Crippen LogP contribution in [0.25, 0.3) is 17.2 Å². The molecule has 0 saturated carbocycles.